The summed E-state index contributed by atoms with van der Waals surface area (Å²) in [5.41, 5.74) is 0.415. The second-order valence-electron chi connectivity index (χ2n) is 4.51. The van der Waals surface area contributed by atoms with Gasteiger partial charge in [-0.3, -0.25) is 10.1 Å². The molecule has 0 amide bonds. The number of aliphatic hydroxyl groups is 1. The number of thioether (sulfide) groups is 1. The van der Waals surface area contributed by atoms with Gasteiger partial charge in [-0.1, -0.05) is 12.1 Å². The van der Waals surface area contributed by atoms with Crippen molar-refractivity contribution in [3.8, 4) is 0 Å². The van der Waals surface area contributed by atoms with Gasteiger partial charge < -0.3 is 10.4 Å². The molecule has 0 radical (unpaired) electrons. The molecule has 5 nitrogen and oxygen atoms in total. The Bertz CT molecular complexity index is 435. The molecule has 0 fully saturated rings. The summed E-state index contributed by atoms with van der Waals surface area (Å²) in [4.78, 5) is 10.5. The van der Waals surface area contributed by atoms with Crippen LogP contribution in [0.2, 0.25) is 0 Å². The molecule has 0 saturated carbocycles. The van der Waals surface area contributed by atoms with Crippen molar-refractivity contribution in [2.24, 2.45) is 0 Å². The van der Waals surface area contributed by atoms with Crippen molar-refractivity contribution >= 4 is 23.1 Å². The molecule has 0 aliphatic carbocycles. The third-order valence-corrected chi connectivity index (χ3v) is 3.46. The summed E-state index contributed by atoms with van der Waals surface area (Å²) >= 11 is 1.53. The number of anilines is 1. The molecule has 100 valence electrons. The topological polar surface area (TPSA) is 75.4 Å². The van der Waals surface area contributed by atoms with Gasteiger partial charge in [0, 0.05) is 18.4 Å². The van der Waals surface area contributed by atoms with Crippen LogP contribution in [0.25, 0.3) is 0 Å². The van der Waals surface area contributed by atoms with Crippen molar-refractivity contribution in [1.29, 1.82) is 0 Å². The molecule has 0 aliphatic rings. The summed E-state index contributed by atoms with van der Waals surface area (Å²) in [6.07, 6.45) is 1.91. The summed E-state index contributed by atoms with van der Waals surface area (Å²) in [6.45, 7) is 3.79. The molecule has 6 heteroatoms. The van der Waals surface area contributed by atoms with Crippen molar-refractivity contribution in [2.75, 3.05) is 23.9 Å². The number of nitrogens with zero attached hydrogens (tertiary/aromatic N) is 1. The predicted octanol–water partition coefficient (Wildman–Crippen LogP) is 2.43. The van der Waals surface area contributed by atoms with Gasteiger partial charge in [0.2, 0.25) is 0 Å². The number of aryl methyl sites for hydroxylation is 1. The van der Waals surface area contributed by atoms with Crippen LogP contribution in [0.1, 0.15) is 12.5 Å². The van der Waals surface area contributed by atoms with E-state index in [2.05, 4.69) is 5.32 Å². The molecule has 0 spiro atoms. The van der Waals surface area contributed by atoms with Gasteiger partial charge in [0.1, 0.15) is 5.69 Å². The Morgan fingerprint density at radius 2 is 2.22 bits per heavy atom. The van der Waals surface area contributed by atoms with Crippen molar-refractivity contribution < 1.29 is 10.0 Å². The monoisotopic (exact) mass is 270 g/mol. The van der Waals surface area contributed by atoms with Crippen LogP contribution < -0.4 is 5.32 Å². The van der Waals surface area contributed by atoms with Crippen molar-refractivity contribution in [3.05, 3.63) is 33.9 Å². The Labute approximate surface area is 111 Å². The summed E-state index contributed by atoms with van der Waals surface area (Å²) in [7, 11) is 0. The smallest absolute Gasteiger partial charge is 0.292 e. The summed E-state index contributed by atoms with van der Waals surface area (Å²) in [5.74, 6) is 0.569. The molecule has 1 rings (SSSR count). The number of rotatable bonds is 6. The van der Waals surface area contributed by atoms with Gasteiger partial charge in [0.15, 0.2) is 0 Å². The van der Waals surface area contributed by atoms with E-state index in [-0.39, 0.29) is 12.2 Å². The second kappa shape index (κ2) is 6.06. The molecule has 1 aromatic rings. The largest absolute Gasteiger partial charge is 0.387 e. The molecule has 1 atom stereocenters. The molecule has 0 saturated heterocycles. The fourth-order valence-corrected chi connectivity index (χ4v) is 2.40. The lowest BCUT2D eigenvalue weighted by molar-refractivity contribution is -0.384. The molecular weight excluding hydrogens is 252 g/mol. The van der Waals surface area contributed by atoms with Crippen LogP contribution in [0.5, 0.6) is 0 Å². The minimum Gasteiger partial charge on any atom is -0.387 e. The first kappa shape index (κ1) is 14.8. The summed E-state index contributed by atoms with van der Waals surface area (Å²) in [6, 6.07) is 4.91. The van der Waals surface area contributed by atoms with E-state index >= 15 is 0 Å². The molecule has 0 bridgehead atoms. The number of nitro benzene ring substituents is 1. The van der Waals surface area contributed by atoms with Gasteiger partial charge in [0.25, 0.3) is 5.69 Å². The van der Waals surface area contributed by atoms with Gasteiger partial charge in [-0.25, -0.2) is 0 Å². The van der Waals surface area contributed by atoms with Gasteiger partial charge in [-0.2, -0.15) is 11.8 Å². The second-order valence-corrected chi connectivity index (χ2v) is 5.38. The number of benzene rings is 1. The average Bonchev–Trinajstić information content (AvgIpc) is 2.26. The summed E-state index contributed by atoms with van der Waals surface area (Å²) < 4.78 is 0. The molecule has 0 aliphatic heterocycles. The Morgan fingerprint density at radius 3 is 2.78 bits per heavy atom. The maximum atomic E-state index is 10.9. The van der Waals surface area contributed by atoms with E-state index < -0.39 is 10.5 Å². The van der Waals surface area contributed by atoms with E-state index in [1.54, 1.807) is 26.0 Å². The van der Waals surface area contributed by atoms with Crippen molar-refractivity contribution in [1.82, 2.24) is 0 Å². The maximum absolute atomic E-state index is 10.9. The predicted molar refractivity (Wildman–Crippen MR) is 75.3 cm³/mol. The Kier molecular flexibility index (Phi) is 4.98. The Morgan fingerprint density at radius 1 is 1.56 bits per heavy atom. The Balaban J connectivity index is 2.87. The van der Waals surface area contributed by atoms with Gasteiger partial charge in [-0.05, 0) is 25.7 Å². The summed E-state index contributed by atoms with van der Waals surface area (Å²) in [5, 5.41) is 23.9. The molecular formula is C12H18N2O3S. The van der Waals surface area contributed by atoms with Crippen LogP contribution in [-0.2, 0) is 0 Å². The van der Waals surface area contributed by atoms with Crippen LogP contribution in [0.15, 0.2) is 18.2 Å². The normalized spacial score (nSPS) is 14.0. The fourth-order valence-electron chi connectivity index (χ4n) is 1.68. The van der Waals surface area contributed by atoms with E-state index in [9.17, 15) is 15.2 Å². The SMILES string of the molecule is CSCC(C)(O)CNc1c(C)cccc1[N+](=O)[O-]. The van der Waals surface area contributed by atoms with Crippen LogP contribution in [0.3, 0.4) is 0 Å². The highest BCUT2D eigenvalue weighted by Gasteiger charge is 2.22. The van der Waals surface area contributed by atoms with E-state index in [0.717, 1.165) is 5.56 Å². The first-order chi connectivity index (χ1) is 8.37. The van der Waals surface area contributed by atoms with Crippen molar-refractivity contribution in [2.45, 2.75) is 19.4 Å². The van der Waals surface area contributed by atoms with Crippen LogP contribution in [-0.4, -0.2) is 34.2 Å². The lowest BCUT2D eigenvalue weighted by Crippen LogP contribution is -2.36. The number of nitro groups is 1. The highest BCUT2D eigenvalue weighted by atomic mass is 32.2. The highest BCUT2D eigenvalue weighted by molar-refractivity contribution is 7.98. The van der Waals surface area contributed by atoms with Gasteiger partial charge in [-0.15, -0.1) is 0 Å². The van der Waals surface area contributed by atoms with E-state index in [4.69, 9.17) is 0 Å². The van der Waals surface area contributed by atoms with Gasteiger partial charge >= 0.3 is 0 Å². The Hall–Kier alpha value is -1.27. The average molecular weight is 270 g/mol. The first-order valence-corrected chi connectivity index (χ1v) is 6.96. The zero-order chi connectivity index (χ0) is 13.8. The number of nitrogens with one attached hydrogen (secondary N) is 1. The standard InChI is InChI=1S/C12H18N2O3S/c1-9-5-4-6-10(14(16)17)11(9)13-7-12(2,15)8-18-3/h4-6,13,15H,7-8H2,1-3H3. The van der Waals surface area contributed by atoms with E-state index in [1.165, 1.54) is 17.8 Å². The third kappa shape index (κ3) is 3.89. The number of para-hydroxylation sites is 1. The zero-order valence-electron chi connectivity index (χ0n) is 10.8. The number of hydrogen-bond donors (Lipinski definition) is 2. The molecule has 0 aromatic heterocycles. The molecule has 18 heavy (non-hydrogen) atoms. The number of hydrogen-bond acceptors (Lipinski definition) is 5. The third-order valence-electron chi connectivity index (χ3n) is 2.55. The molecule has 0 heterocycles. The highest BCUT2D eigenvalue weighted by Crippen LogP contribution is 2.28. The minimum absolute atomic E-state index is 0.0370. The fraction of sp³-hybridized carbons (Fsp3) is 0.500. The first-order valence-electron chi connectivity index (χ1n) is 5.56. The quantitative estimate of drug-likeness (QED) is 0.613. The van der Waals surface area contributed by atoms with Crippen LogP contribution in [0, 0.1) is 17.0 Å². The zero-order valence-corrected chi connectivity index (χ0v) is 11.6. The molecule has 2 N–H and O–H groups in total. The molecule has 1 aromatic carbocycles. The molecule has 1 unspecified atom stereocenters. The lowest BCUT2D eigenvalue weighted by Gasteiger charge is -2.23. The lowest BCUT2D eigenvalue weighted by atomic mass is 10.1. The van der Waals surface area contributed by atoms with E-state index in [0.29, 0.717) is 11.4 Å². The van der Waals surface area contributed by atoms with Gasteiger partial charge in [0.05, 0.1) is 10.5 Å². The van der Waals surface area contributed by atoms with E-state index in [1.807, 2.05) is 6.26 Å². The minimum atomic E-state index is -0.893. The van der Waals surface area contributed by atoms with Crippen molar-refractivity contribution in [3.63, 3.8) is 0 Å². The van der Waals surface area contributed by atoms with Crippen LogP contribution in [0.4, 0.5) is 11.4 Å². The van der Waals surface area contributed by atoms with Crippen LogP contribution >= 0.6 is 11.8 Å². The maximum Gasteiger partial charge on any atom is 0.292 e.